The smallest absolute Gasteiger partial charge is 0.408 e. The number of hydrogen-bond acceptors (Lipinski definition) is 2. The van der Waals surface area contributed by atoms with Gasteiger partial charge in [0.05, 0.1) is 6.04 Å². The van der Waals surface area contributed by atoms with Gasteiger partial charge in [-0.2, -0.15) is 0 Å². The van der Waals surface area contributed by atoms with Crippen LogP contribution in [-0.4, -0.2) is 11.7 Å². The Morgan fingerprint density at radius 3 is 2.35 bits per heavy atom. The fraction of sp³-hybridized carbons (Fsp3) is 0.316. The van der Waals surface area contributed by atoms with Crippen molar-refractivity contribution >= 4 is 22.0 Å². The quantitative estimate of drug-likeness (QED) is 0.746. The number of benzene rings is 2. The van der Waals surface area contributed by atoms with Crippen LogP contribution in [0.15, 0.2) is 54.6 Å². The number of alkyl halides is 1. The summed E-state index contributed by atoms with van der Waals surface area (Å²) in [6.45, 7) is 5.57. The Hall–Kier alpha value is -1.81. The van der Waals surface area contributed by atoms with Crippen molar-refractivity contribution in [2.45, 2.75) is 37.7 Å². The van der Waals surface area contributed by atoms with Crippen molar-refractivity contribution in [3.8, 4) is 0 Å². The van der Waals surface area contributed by atoms with Gasteiger partial charge in [-0.25, -0.2) is 4.79 Å². The van der Waals surface area contributed by atoms with Crippen molar-refractivity contribution in [1.29, 1.82) is 0 Å². The van der Waals surface area contributed by atoms with Crippen LogP contribution in [0.4, 0.5) is 4.79 Å². The Labute approximate surface area is 146 Å². The second-order valence-electron chi connectivity index (χ2n) is 6.37. The summed E-state index contributed by atoms with van der Waals surface area (Å²) < 4.78 is 5.41. The highest BCUT2D eigenvalue weighted by Crippen LogP contribution is 2.24. The van der Waals surface area contributed by atoms with Crippen LogP contribution in [0, 0.1) is 0 Å². The summed E-state index contributed by atoms with van der Waals surface area (Å²) >= 11 is 3.48. The number of amides is 1. The van der Waals surface area contributed by atoms with Crippen molar-refractivity contribution in [2.75, 3.05) is 0 Å². The number of ether oxygens (including phenoxy) is 1. The van der Waals surface area contributed by atoms with Crippen LogP contribution in [0.3, 0.4) is 0 Å². The summed E-state index contributed by atoms with van der Waals surface area (Å²) in [5.74, 6) is 0. The van der Waals surface area contributed by atoms with Gasteiger partial charge in [0.2, 0.25) is 0 Å². The second kappa shape index (κ2) is 7.64. The molecule has 2 aromatic carbocycles. The standard InChI is InChI=1S/C19H22BrNO2/c1-19(2,3)23-18(22)21-17(15-9-5-4-6-10-15)16-11-7-8-14(12-16)13-20/h4-12,17H,13H2,1-3H3,(H,21,22). The Morgan fingerprint density at radius 2 is 1.74 bits per heavy atom. The third-order valence-corrected chi connectivity index (χ3v) is 3.88. The molecule has 0 heterocycles. The van der Waals surface area contributed by atoms with Gasteiger partial charge in [-0.3, -0.25) is 0 Å². The molecule has 23 heavy (non-hydrogen) atoms. The lowest BCUT2D eigenvalue weighted by Crippen LogP contribution is -2.35. The van der Waals surface area contributed by atoms with Crippen molar-refractivity contribution in [3.63, 3.8) is 0 Å². The second-order valence-corrected chi connectivity index (χ2v) is 6.93. The molecule has 0 saturated carbocycles. The molecule has 0 aliphatic heterocycles. The maximum absolute atomic E-state index is 12.2. The monoisotopic (exact) mass is 375 g/mol. The topological polar surface area (TPSA) is 38.3 Å². The summed E-state index contributed by atoms with van der Waals surface area (Å²) in [5, 5.41) is 3.75. The van der Waals surface area contributed by atoms with E-state index in [0.717, 1.165) is 22.0 Å². The highest BCUT2D eigenvalue weighted by atomic mass is 79.9. The van der Waals surface area contributed by atoms with Gasteiger partial charge in [-0.05, 0) is 37.5 Å². The number of hydrogen-bond donors (Lipinski definition) is 1. The number of alkyl carbamates (subject to hydrolysis) is 1. The van der Waals surface area contributed by atoms with Gasteiger partial charge in [-0.15, -0.1) is 0 Å². The van der Waals surface area contributed by atoms with Gasteiger partial charge in [0, 0.05) is 5.33 Å². The molecular formula is C19H22BrNO2. The molecule has 0 saturated heterocycles. The molecule has 122 valence electrons. The average Bonchev–Trinajstić information content (AvgIpc) is 2.52. The number of rotatable bonds is 4. The molecule has 0 spiro atoms. The molecular weight excluding hydrogens is 354 g/mol. The fourth-order valence-electron chi connectivity index (χ4n) is 2.29. The minimum absolute atomic E-state index is 0.245. The van der Waals surface area contributed by atoms with Crippen LogP contribution in [0.25, 0.3) is 0 Å². The van der Waals surface area contributed by atoms with Crippen molar-refractivity contribution in [3.05, 3.63) is 71.3 Å². The first kappa shape index (κ1) is 17.5. The van der Waals surface area contributed by atoms with Gasteiger partial charge in [0.15, 0.2) is 0 Å². The molecule has 0 bridgehead atoms. The van der Waals surface area contributed by atoms with Gasteiger partial charge in [0.1, 0.15) is 5.60 Å². The van der Waals surface area contributed by atoms with Crippen LogP contribution in [0.5, 0.6) is 0 Å². The first-order valence-electron chi connectivity index (χ1n) is 7.58. The zero-order chi connectivity index (χ0) is 16.9. The number of nitrogens with one attached hydrogen (secondary N) is 1. The van der Waals surface area contributed by atoms with Gasteiger partial charge in [0.25, 0.3) is 0 Å². The molecule has 1 atom stereocenters. The Bertz CT molecular complexity index is 650. The van der Waals surface area contributed by atoms with E-state index in [1.165, 1.54) is 0 Å². The van der Waals surface area contributed by atoms with E-state index in [2.05, 4.69) is 27.3 Å². The third-order valence-electron chi connectivity index (χ3n) is 3.23. The Morgan fingerprint density at radius 1 is 1.09 bits per heavy atom. The van der Waals surface area contributed by atoms with E-state index in [4.69, 9.17) is 4.74 Å². The van der Waals surface area contributed by atoms with Crippen molar-refractivity contribution in [2.24, 2.45) is 0 Å². The van der Waals surface area contributed by atoms with Crippen molar-refractivity contribution in [1.82, 2.24) is 5.32 Å². The molecule has 3 nitrogen and oxygen atoms in total. The van der Waals surface area contributed by atoms with Crippen LogP contribution >= 0.6 is 15.9 Å². The van der Waals surface area contributed by atoms with Crippen LogP contribution in [-0.2, 0) is 10.1 Å². The van der Waals surface area contributed by atoms with E-state index in [0.29, 0.717) is 0 Å². The molecule has 2 rings (SSSR count). The number of halogens is 1. The highest BCUT2D eigenvalue weighted by molar-refractivity contribution is 9.08. The van der Waals surface area contributed by atoms with Crippen molar-refractivity contribution < 1.29 is 9.53 Å². The molecule has 0 aliphatic carbocycles. The molecule has 1 amide bonds. The molecule has 0 fully saturated rings. The zero-order valence-corrected chi connectivity index (χ0v) is 15.3. The van der Waals surface area contributed by atoms with E-state index in [1.54, 1.807) is 0 Å². The van der Waals surface area contributed by atoms with E-state index in [9.17, 15) is 4.79 Å². The lowest BCUT2D eigenvalue weighted by atomic mass is 9.97. The summed E-state index contributed by atoms with van der Waals surface area (Å²) in [5.41, 5.74) is 2.68. The van der Waals surface area contributed by atoms with Gasteiger partial charge in [-0.1, -0.05) is 70.5 Å². The summed E-state index contributed by atoms with van der Waals surface area (Å²) in [7, 11) is 0. The molecule has 0 aliphatic rings. The largest absolute Gasteiger partial charge is 0.444 e. The maximum Gasteiger partial charge on any atom is 0.408 e. The average molecular weight is 376 g/mol. The highest BCUT2D eigenvalue weighted by Gasteiger charge is 2.21. The fourth-order valence-corrected chi connectivity index (χ4v) is 2.63. The molecule has 4 heteroatoms. The molecule has 0 aromatic heterocycles. The molecule has 1 N–H and O–H groups in total. The summed E-state index contributed by atoms with van der Waals surface area (Å²) in [4.78, 5) is 12.2. The lowest BCUT2D eigenvalue weighted by Gasteiger charge is -2.24. The van der Waals surface area contributed by atoms with Gasteiger partial charge < -0.3 is 10.1 Å². The normalized spacial score (nSPS) is 12.5. The van der Waals surface area contributed by atoms with Gasteiger partial charge >= 0.3 is 6.09 Å². The minimum atomic E-state index is -0.525. The summed E-state index contributed by atoms with van der Waals surface area (Å²) in [6.07, 6.45) is -0.421. The zero-order valence-electron chi connectivity index (χ0n) is 13.7. The van der Waals surface area contributed by atoms with Crippen LogP contribution in [0.2, 0.25) is 0 Å². The first-order valence-corrected chi connectivity index (χ1v) is 8.70. The number of carbonyl (C=O) groups excluding carboxylic acids is 1. The third kappa shape index (κ3) is 5.39. The van der Waals surface area contributed by atoms with Crippen LogP contribution < -0.4 is 5.32 Å². The molecule has 2 aromatic rings. The Kier molecular flexibility index (Phi) is 5.83. The SMILES string of the molecule is CC(C)(C)OC(=O)NC(c1ccccc1)c1cccc(CBr)c1. The number of carbonyl (C=O) groups is 1. The molecule has 0 radical (unpaired) electrons. The summed E-state index contributed by atoms with van der Waals surface area (Å²) in [6, 6.07) is 17.8. The maximum atomic E-state index is 12.2. The van der Waals surface area contributed by atoms with E-state index in [-0.39, 0.29) is 6.04 Å². The minimum Gasteiger partial charge on any atom is -0.444 e. The van der Waals surface area contributed by atoms with E-state index < -0.39 is 11.7 Å². The van der Waals surface area contributed by atoms with E-state index >= 15 is 0 Å². The Balaban J connectivity index is 2.31. The first-order chi connectivity index (χ1) is 10.9. The lowest BCUT2D eigenvalue weighted by molar-refractivity contribution is 0.0512. The van der Waals surface area contributed by atoms with E-state index in [1.807, 2.05) is 69.3 Å². The van der Waals surface area contributed by atoms with Crippen LogP contribution in [0.1, 0.15) is 43.5 Å². The molecule has 1 unspecified atom stereocenters. The predicted octanol–water partition coefficient (Wildman–Crippen LogP) is 5.20. The predicted molar refractivity (Wildman–Crippen MR) is 96.7 cm³/mol.